The Morgan fingerprint density at radius 2 is 1.62 bits per heavy atom. The smallest absolute Gasteiger partial charge is 0.337 e. The van der Waals surface area contributed by atoms with Crippen molar-refractivity contribution in [2.45, 2.75) is 129 Å². The summed E-state index contributed by atoms with van der Waals surface area (Å²) in [5, 5.41) is 10.8. The third-order valence-corrected chi connectivity index (χ3v) is 8.45. The molecule has 1 aliphatic heterocycles. The first kappa shape index (κ1) is 25.5. The van der Waals surface area contributed by atoms with Crippen molar-refractivity contribution < 1.29 is 14.6 Å². The first-order valence-electron chi connectivity index (χ1n) is 13.7. The van der Waals surface area contributed by atoms with E-state index in [1.807, 2.05) is 6.08 Å². The van der Waals surface area contributed by atoms with Crippen molar-refractivity contribution in [2.24, 2.45) is 23.7 Å². The number of rotatable bonds is 14. The van der Waals surface area contributed by atoms with Gasteiger partial charge in [0.05, 0.1) is 11.7 Å². The van der Waals surface area contributed by atoms with Gasteiger partial charge in [-0.05, 0) is 50.0 Å². The van der Waals surface area contributed by atoms with E-state index < -0.39 is 11.7 Å². The molecule has 4 aliphatic rings. The second-order valence-corrected chi connectivity index (χ2v) is 11.3. The summed E-state index contributed by atoms with van der Waals surface area (Å²) in [5.41, 5.74) is 1.47. The lowest BCUT2D eigenvalue weighted by atomic mass is 9.56. The van der Waals surface area contributed by atoms with Crippen LogP contribution in [0.15, 0.2) is 23.3 Å². The van der Waals surface area contributed by atoms with E-state index in [0.29, 0.717) is 29.7 Å². The van der Waals surface area contributed by atoms with Crippen molar-refractivity contribution in [1.82, 2.24) is 0 Å². The van der Waals surface area contributed by atoms with Gasteiger partial charge in [-0.25, -0.2) is 4.79 Å². The molecule has 1 fully saturated rings. The maximum atomic E-state index is 12.8. The van der Waals surface area contributed by atoms with Crippen molar-refractivity contribution in [3.8, 4) is 0 Å². The lowest BCUT2D eigenvalue weighted by molar-refractivity contribution is -0.158. The summed E-state index contributed by atoms with van der Waals surface area (Å²) in [6.45, 7) is 9.06. The van der Waals surface area contributed by atoms with Gasteiger partial charge in [-0.15, -0.1) is 0 Å². The molecule has 0 amide bonds. The molecule has 1 spiro atoms. The Bertz CT molecular complexity index is 676. The molecule has 5 atom stereocenters. The molecule has 0 aromatic heterocycles. The number of carbonyl (C=O) groups is 1. The van der Waals surface area contributed by atoms with Crippen LogP contribution in [-0.4, -0.2) is 22.8 Å². The number of aliphatic hydroxyl groups excluding tert-OH is 1. The SMILES string of the molecule is CCCCCCCCCCCCC[C@H](O)C1=C[C@@]2(C[C@H]3C[C@@H](C(C)C)[C@@H]2C=C3C)OC1=O. The maximum absolute atomic E-state index is 12.8. The molecule has 1 heterocycles. The predicted molar refractivity (Wildman–Crippen MR) is 132 cm³/mol. The van der Waals surface area contributed by atoms with Gasteiger partial charge in [-0.3, -0.25) is 0 Å². The molecule has 3 aliphatic carbocycles. The highest BCUT2D eigenvalue weighted by atomic mass is 16.6. The molecule has 1 N–H and O–H groups in total. The minimum atomic E-state index is -0.677. The summed E-state index contributed by atoms with van der Waals surface area (Å²) in [5.74, 6) is 1.59. The highest BCUT2D eigenvalue weighted by Gasteiger charge is 2.56. The van der Waals surface area contributed by atoms with Gasteiger partial charge in [0.15, 0.2) is 0 Å². The number of hydrogen-bond acceptors (Lipinski definition) is 3. The minimum Gasteiger partial charge on any atom is -0.451 e. The molecule has 0 radical (unpaired) electrons. The molecule has 0 unspecified atom stereocenters. The van der Waals surface area contributed by atoms with Crippen LogP contribution >= 0.6 is 0 Å². The van der Waals surface area contributed by atoms with Crippen molar-refractivity contribution in [3.05, 3.63) is 23.3 Å². The molecule has 182 valence electrons. The van der Waals surface area contributed by atoms with Crippen LogP contribution in [0.1, 0.15) is 118 Å². The van der Waals surface area contributed by atoms with Crippen LogP contribution in [-0.2, 0) is 9.53 Å². The van der Waals surface area contributed by atoms with Gasteiger partial charge in [0.25, 0.3) is 0 Å². The molecule has 4 rings (SSSR count). The Balaban J connectivity index is 1.42. The molecule has 32 heavy (non-hydrogen) atoms. The van der Waals surface area contributed by atoms with Crippen LogP contribution in [0.3, 0.4) is 0 Å². The fourth-order valence-electron chi connectivity index (χ4n) is 6.40. The summed E-state index contributed by atoms with van der Waals surface area (Å²) in [6, 6.07) is 0. The summed E-state index contributed by atoms with van der Waals surface area (Å²) in [6.07, 6.45) is 20.7. The van der Waals surface area contributed by atoms with E-state index in [4.69, 9.17) is 4.74 Å². The zero-order valence-electron chi connectivity index (χ0n) is 21.2. The fourth-order valence-corrected chi connectivity index (χ4v) is 6.40. The summed E-state index contributed by atoms with van der Waals surface area (Å²) < 4.78 is 6.06. The van der Waals surface area contributed by atoms with Crippen LogP contribution in [0.2, 0.25) is 0 Å². The Hall–Kier alpha value is -1.09. The summed E-state index contributed by atoms with van der Waals surface area (Å²) >= 11 is 0. The number of hydrogen-bond donors (Lipinski definition) is 1. The minimum absolute atomic E-state index is 0.253. The molecular formula is C29H48O3. The largest absolute Gasteiger partial charge is 0.451 e. The lowest BCUT2D eigenvalue weighted by Gasteiger charge is -2.51. The van der Waals surface area contributed by atoms with E-state index in [0.717, 1.165) is 19.3 Å². The number of esters is 1. The summed E-state index contributed by atoms with van der Waals surface area (Å²) in [4.78, 5) is 12.8. The zero-order chi connectivity index (χ0) is 23.1. The Morgan fingerprint density at radius 3 is 2.19 bits per heavy atom. The van der Waals surface area contributed by atoms with Crippen molar-refractivity contribution >= 4 is 5.97 Å². The zero-order valence-corrected chi connectivity index (χ0v) is 21.2. The first-order valence-corrected chi connectivity index (χ1v) is 13.7. The number of allylic oxidation sites excluding steroid dienone is 1. The predicted octanol–water partition coefficient (Wildman–Crippen LogP) is 7.53. The van der Waals surface area contributed by atoms with E-state index in [1.165, 1.54) is 69.8 Å². The fraction of sp³-hybridized carbons (Fsp3) is 0.828. The molecule has 3 nitrogen and oxygen atoms in total. The van der Waals surface area contributed by atoms with Gasteiger partial charge in [-0.2, -0.15) is 0 Å². The second kappa shape index (κ2) is 11.9. The van der Waals surface area contributed by atoms with Crippen molar-refractivity contribution in [3.63, 3.8) is 0 Å². The topological polar surface area (TPSA) is 46.5 Å². The third kappa shape index (κ3) is 6.07. The molecule has 2 bridgehead atoms. The molecular weight excluding hydrogens is 396 g/mol. The van der Waals surface area contributed by atoms with Gasteiger partial charge in [0, 0.05) is 5.92 Å². The normalized spacial score (nSPS) is 30.1. The average molecular weight is 445 g/mol. The molecule has 1 saturated carbocycles. The number of ether oxygens (including phenoxy) is 1. The molecule has 0 aromatic carbocycles. The number of carbonyl (C=O) groups excluding carboxylic acids is 1. The van der Waals surface area contributed by atoms with E-state index in [2.05, 4.69) is 33.8 Å². The number of aliphatic hydroxyl groups is 1. The van der Waals surface area contributed by atoms with Gasteiger partial charge in [-0.1, -0.05) is 103 Å². The van der Waals surface area contributed by atoms with Gasteiger partial charge in [0.2, 0.25) is 0 Å². The molecule has 3 heteroatoms. The second-order valence-electron chi connectivity index (χ2n) is 11.3. The van der Waals surface area contributed by atoms with Crippen molar-refractivity contribution in [2.75, 3.05) is 0 Å². The monoisotopic (exact) mass is 444 g/mol. The van der Waals surface area contributed by atoms with Crippen LogP contribution in [0.4, 0.5) is 0 Å². The van der Waals surface area contributed by atoms with E-state index in [9.17, 15) is 9.90 Å². The number of unbranched alkanes of at least 4 members (excludes halogenated alkanes) is 10. The molecule has 0 aromatic rings. The van der Waals surface area contributed by atoms with Crippen LogP contribution in [0.25, 0.3) is 0 Å². The Morgan fingerprint density at radius 1 is 1.03 bits per heavy atom. The molecule has 0 saturated heterocycles. The van der Waals surface area contributed by atoms with Gasteiger partial charge in [0.1, 0.15) is 5.60 Å². The number of fused-ring (bicyclic) bond motifs is 1. The quantitative estimate of drug-likeness (QED) is 0.171. The highest BCUT2D eigenvalue weighted by Crippen LogP contribution is 2.56. The Kier molecular flexibility index (Phi) is 9.46. The average Bonchev–Trinajstić information content (AvgIpc) is 3.08. The maximum Gasteiger partial charge on any atom is 0.337 e. The Labute approximate surface area is 197 Å². The van der Waals surface area contributed by atoms with E-state index >= 15 is 0 Å². The standard InChI is InChI=1S/C29H48O3/c1-5-6-7-8-9-10-11-12-13-14-15-16-27(30)25-20-29(32-28(25)31)19-23-18-24(21(2)3)26(29)17-22(23)4/h17,20-21,23-24,26-27,30H,5-16,18-19H2,1-4H3/t23-,24+,26+,27+,29-/m1/s1. The van der Waals surface area contributed by atoms with Crippen LogP contribution in [0, 0.1) is 23.7 Å². The lowest BCUT2D eigenvalue weighted by Crippen LogP contribution is -2.51. The highest BCUT2D eigenvalue weighted by molar-refractivity contribution is 5.92. The van der Waals surface area contributed by atoms with Crippen molar-refractivity contribution in [1.29, 1.82) is 0 Å². The summed E-state index contributed by atoms with van der Waals surface area (Å²) in [7, 11) is 0. The van der Waals surface area contributed by atoms with Gasteiger partial charge >= 0.3 is 5.97 Å². The third-order valence-electron chi connectivity index (χ3n) is 8.45. The van der Waals surface area contributed by atoms with Gasteiger partial charge < -0.3 is 9.84 Å². The van der Waals surface area contributed by atoms with Crippen LogP contribution < -0.4 is 0 Å². The first-order chi connectivity index (χ1) is 15.4. The van der Waals surface area contributed by atoms with Crippen LogP contribution in [0.5, 0.6) is 0 Å². The van der Waals surface area contributed by atoms with E-state index in [-0.39, 0.29) is 11.9 Å². The van der Waals surface area contributed by atoms with E-state index in [1.54, 1.807) is 0 Å².